The molecule has 1 fully saturated rings. The Kier molecular flexibility index (Phi) is 4.73. The summed E-state index contributed by atoms with van der Waals surface area (Å²) in [5, 5.41) is 18.0. The fraction of sp³-hybridized carbons (Fsp3) is 1.00. The molecule has 0 aliphatic heterocycles. The molecule has 0 amide bonds. The summed E-state index contributed by atoms with van der Waals surface area (Å²) in [5.41, 5.74) is 0. The smallest absolute Gasteiger partial charge is 0.273 e. The number of rotatable bonds is 8. The highest BCUT2D eigenvalue weighted by Crippen LogP contribution is 2.48. The predicted octanol–water partition coefficient (Wildman–Crippen LogP) is 0.409. The van der Waals surface area contributed by atoms with Crippen LogP contribution in [0.15, 0.2) is 0 Å². The van der Waals surface area contributed by atoms with Gasteiger partial charge in [-0.2, -0.15) is 8.42 Å². The summed E-state index contributed by atoms with van der Waals surface area (Å²) < 4.78 is 27.6. The Hall–Kier alpha value is -0.170. The summed E-state index contributed by atoms with van der Waals surface area (Å²) in [4.78, 5) is 0. The van der Waals surface area contributed by atoms with Crippen LogP contribution in [-0.4, -0.2) is 42.7 Å². The van der Waals surface area contributed by atoms with Gasteiger partial charge in [-0.1, -0.05) is 13.3 Å². The van der Waals surface area contributed by atoms with Gasteiger partial charge in [0.15, 0.2) is 0 Å². The van der Waals surface area contributed by atoms with E-state index in [1.54, 1.807) is 0 Å². The number of hydrogen-bond donors (Lipinski definition) is 2. The molecule has 0 aromatic carbocycles. The lowest BCUT2D eigenvalue weighted by Gasteiger charge is -2.18. The van der Waals surface area contributed by atoms with Crippen molar-refractivity contribution in [1.29, 1.82) is 0 Å². The number of aliphatic hydroxyl groups is 2. The lowest BCUT2D eigenvalue weighted by Crippen LogP contribution is -2.31. The van der Waals surface area contributed by atoms with Crippen LogP contribution in [0.3, 0.4) is 0 Å². The standard InChI is InChI=1S/C10H20O5S/c1-2-3-6-15-16(13,14)10(4-5-10)7-9(12)8-11/h9,11-12H,2-8H2,1H3/t9-/m0/s1. The van der Waals surface area contributed by atoms with E-state index in [0.717, 1.165) is 6.42 Å². The molecule has 0 bridgehead atoms. The maximum atomic E-state index is 11.8. The Balaban J connectivity index is 2.54. The zero-order valence-corrected chi connectivity index (χ0v) is 10.4. The first-order chi connectivity index (χ1) is 7.47. The zero-order chi connectivity index (χ0) is 12.2. The summed E-state index contributed by atoms with van der Waals surface area (Å²) in [7, 11) is -3.60. The van der Waals surface area contributed by atoms with Crippen molar-refractivity contribution in [2.45, 2.75) is 49.9 Å². The average Bonchev–Trinajstić information content (AvgIpc) is 2.99. The second kappa shape index (κ2) is 5.44. The Morgan fingerprint density at radius 1 is 1.44 bits per heavy atom. The molecule has 1 aliphatic rings. The van der Waals surface area contributed by atoms with Crippen molar-refractivity contribution < 1.29 is 22.8 Å². The number of unbranched alkanes of at least 4 members (excludes halogenated alkanes) is 1. The van der Waals surface area contributed by atoms with E-state index in [-0.39, 0.29) is 13.0 Å². The first kappa shape index (κ1) is 13.9. The molecular formula is C10H20O5S. The van der Waals surface area contributed by atoms with Crippen LogP contribution in [0.25, 0.3) is 0 Å². The SMILES string of the molecule is CCCCOS(=O)(=O)C1(C[C@H](O)CO)CC1. The van der Waals surface area contributed by atoms with Gasteiger partial charge in [0.1, 0.15) is 4.75 Å². The largest absolute Gasteiger partial charge is 0.394 e. The monoisotopic (exact) mass is 252 g/mol. The zero-order valence-electron chi connectivity index (χ0n) is 9.55. The quantitative estimate of drug-likeness (QED) is 0.483. The minimum atomic E-state index is -3.60. The Bertz CT molecular complexity index is 307. The minimum absolute atomic E-state index is 0.0674. The van der Waals surface area contributed by atoms with Crippen LogP contribution in [0.1, 0.15) is 39.0 Å². The summed E-state index contributed by atoms with van der Waals surface area (Å²) in [6.45, 7) is 1.75. The molecule has 1 rings (SSSR count). The molecule has 0 heterocycles. The van der Waals surface area contributed by atoms with Gasteiger partial charge in [0.05, 0.1) is 19.3 Å². The molecule has 1 aliphatic carbocycles. The van der Waals surface area contributed by atoms with E-state index >= 15 is 0 Å². The van der Waals surface area contributed by atoms with Gasteiger partial charge in [-0.15, -0.1) is 0 Å². The molecule has 0 aromatic heterocycles. The molecule has 0 unspecified atom stereocenters. The average molecular weight is 252 g/mol. The topological polar surface area (TPSA) is 83.8 Å². The maximum absolute atomic E-state index is 11.8. The molecule has 6 heteroatoms. The highest BCUT2D eigenvalue weighted by atomic mass is 32.2. The van der Waals surface area contributed by atoms with Crippen LogP contribution in [0.4, 0.5) is 0 Å². The Morgan fingerprint density at radius 2 is 2.06 bits per heavy atom. The van der Waals surface area contributed by atoms with Gasteiger partial charge in [-0.05, 0) is 25.7 Å². The number of aliphatic hydroxyl groups excluding tert-OH is 2. The van der Waals surface area contributed by atoms with Gasteiger partial charge >= 0.3 is 0 Å². The molecule has 0 spiro atoms. The van der Waals surface area contributed by atoms with Crippen molar-refractivity contribution in [3.63, 3.8) is 0 Å². The first-order valence-corrected chi connectivity index (χ1v) is 7.06. The lowest BCUT2D eigenvalue weighted by atomic mass is 10.2. The molecule has 5 nitrogen and oxygen atoms in total. The molecule has 1 atom stereocenters. The van der Waals surface area contributed by atoms with Gasteiger partial charge in [-0.25, -0.2) is 0 Å². The molecule has 0 saturated heterocycles. The van der Waals surface area contributed by atoms with E-state index in [9.17, 15) is 13.5 Å². The Labute approximate surface area is 96.6 Å². The van der Waals surface area contributed by atoms with E-state index in [0.29, 0.717) is 19.3 Å². The highest BCUT2D eigenvalue weighted by Gasteiger charge is 2.56. The van der Waals surface area contributed by atoms with E-state index in [1.165, 1.54) is 0 Å². The molecular weight excluding hydrogens is 232 g/mol. The van der Waals surface area contributed by atoms with E-state index in [4.69, 9.17) is 9.29 Å². The molecule has 96 valence electrons. The van der Waals surface area contributed by atoms with Crippen molar-refractivity contribution in [2.24, 2.45) is 0 Å². The van der Waals surface area contributed by atoms with Gasteiger partial charge in [-0.3, -0.25) is 4.18 Å². The van der Waals surface area contributed by atoms with Crippen molar-refractivity contribution >= 4 is 10.1 Å². The predicted molar refractivity (Wildman–Crippen MR) is 59.5 cm³/mol. The summed E-state index contributed by atoms with van der Waals surface area (Å²) in [6, 6.07) is 0. The second-order valence-corrected chi connectivity index (χ2v) is 6.36. The Morgan fingerprint density at radius 3 is 2.50 bits per heavy atom. The normalized spacial score (nSPS) is 20.7. The van der Waals surface area contributed by atoms with Crippen LogP contribution < -0.4 is 0 Å². The van der Waals surface area contributed by atoms with E-state index in [1.807, 2.05) is 6.92 Å². The first-order valence-electron chi connectivity index (χ1n) is 5.65. The lowest BCUT2D eigenvalue weighted by molar-refractivity contribution is 0.0846. The van der Waals surface area contributed by atoms with Crippen molar-refractivity contribution in [2.75, 3.05) is 13.2 Å². The van der Waals surface area contributed by atoms with Gasteiger partial charge in [0, 0.05) is 0 Å². The van der Waals surface area contributed by atoms with Gasteiger partial charge in [0.25, 0.3) is 10.1 Å². The molecule has 2 N–H and O–H groups in total. The second-order valence-electron chi connectivity index (χ2n) is 4.35. The fourth-order valence-electron chi connectivity index (χ4n) is 1.63. The van der Waals surface area contributed by atoms with E-state index in [2.05, 4.69) is 0 Å². The highest BCUT2D eigenvalue weighted by molar-refractivity contribution is 7.88. The van der Waals surface area contributed by atoms with Crippen LogP contribution in [0.2, 0.25) is 0 Å². The summed E-state index contributed by atoms with van der Waals surface area (Å²) in [5.74, 6) is 0. The molecule has 0 aromatic rings. The summed E-state index contributed by atoms with van der Waals surface area (Å²) >= 11 is 0. The minimum Gasteiger partial charge on any atom is -0.394 e. The van der Waals surface area contributed by atoms with Gasteiger partial charge < -0.3 is 10.2 Å². The third-order valence-electron chi connectivity index (χ3n) is 2.89. The fourth-order valence-corrected chi connectivity index (χ4v) is 3.21. The van der Waals surface area contributed by atoms with Gasteiger partial charge in [0.2, 0.25) is 0 Å². The molecule has 1 saturated carbocycles. The maximum Gasteiger partial charge on any atom is 0.273 e. The van der Waals surface area contributed by atoms with E-state index < -0.39 is 27.6 Å². The third kappa shape index (κ3) is 3.16. The van der Waals surface area contributed by atoms with Crippen LogP contribution in [-0.2, 0) is 14.3 Å². The van der Waals surface area contributed by atoms with Crippen molar-refractivity contribution in [3.05, 3.63) is 0 Å². The van der Waals surface area contributed by atoms with Crippen LogP contribution in [0.5, 0.6) is 0 Å². The molecule has 0 radical (unpaired) electrons. The third-order valence-corrected chi connectivity index (χ3v) is 5.01. The number of hydrogen-bond acceptors (Lipinski definition) is 5. The van der Waals surface area contributed by atoms with Crippen molar-refractivity contribution in [1.82, 2.24) is 0 Å². The summed E-state index contributed by atoms with van der Waals surface area (Å²) in [6.07, 6.45) is 1.70. The molecule has 16 heavy (non-hydrogen) atoms. The van der Waals surface area contributed by atoms with Crippen molar-refractivity contribution in [3.8, 4) is 0 Å². The van der Waals surface area contributed by atoms with Crippen LogP contribution in [0, 0.1) is 0 Å². The van der Waals surface area contributed by atoms with Crippen LogP contribution >= 0.6 is 0 Å².